The van der Waals surface area contributed by atoms with Gasteiger partial charge < -0.3 is 10.2 Å². The minimum atomic E-state index is -0.310. The van der Waals surface area contributed by atoms with E-state index in [1.165, 1.54) is 29.0 Å². The van der Waals surface area contributed by atoms with Gasteiger partial charge in [-0.25, -0.2) is 4.39 Å². The molecule has 0 radical (unpaired) electrons. The van der Waals surface area contributed by atoms with E-state index >= 15 is 0 Å². The molecule has 0 unspecified atom stereocenters. The molecule has 172 valence electrons. The van der Waals surface area contributed by atoms with Gasteiger partial charge in [-0.05, 0) is 30.2 Å². The van der Waals surface area contributed by atoms with Crippen molar-refractivity contribution in [1.82, 2.24) is 25.3 Å². The highest BCUT2D eigenvalue weighted by atomic mass is 32.1. The molecule has 7 nitrogen and oxygen atoms in total. The van der Waals surface area contributed by atoms with Gasteiger partial charge in [0.25, 0.3) is 5.91 Å². The molecular weight excluding hydrogens is 441 g/mol. The first-order valence-electron chi connectivity index (χ1n) is 10.9. The Morgan fingerprint density at radius 3 is 2.33 bits per heavy atom. The molecule has 1 saturated heterocycles. The first-order chi connectivity index (χ1) is 16.0. The number of carbonyl (C=O) groups excluding carboxylic acids is 2. The van der Waals surface area contributed by atoms with Crippen LogP contribution in [0.4, 0.5) is 4.39 Å². The highest BCUT2D eigenvalue weighted by molar-refractivity contribution is 7.13. The molecule has 0 bridgehead atoms. The summed E-state index contributed by atoms with van der Waals surface area (Å²) in [5.74, 6) is -0.459. The Kier molecular flexibility index (Phi) is 7.41. The first-order valence-corrected chi connectivity index (χ1v) is 11.7. The molecule has 1 aliphatic rings. The second-order valence-electron chi connectivity index (χ2n) is 8.13. The van der Waals surface area contributed by atoms with E-state index < -0.39 is 0 Å². The van der Waals surface area contributed by atoms with Gasteiger partial charge in [0.05, 0.1) is 13.0 Å². The van der Waals surface area contributed by atoms with Gasteiger partial charge in [-0.15, -0.1) is 10.2 Å². The fourth-order valence-corrected chi connectivity index (χ4v) is 4.41. The lowest BCUT2D eigenvalue weighted by Gasteiger charge is -2.34. The summed E-state index contributed by atoms with van der Waals surface area (Å²) in [5.41, 5.74) is 3.03. The molecule has 1 fully saturated rings. The fraction of sp³-hybridized carbons (Fsp3) is 0.333. The average Bonchev–Trinajstić information content (AvgIpc) is 3.29. The Labute approximate surface area is 196 Å². The number of carbonyl (C=O) groups is 2. The molecule has 9 heteroatoms. The van der Waals surface area contributed by atoms with E-state index in [0.29, 0.717) is 37.6 Å². The molecule has 3 aromatic rings. The van der Waals surface area contributed by atoms with Gasteiger partial charge in [-0.2, -0.15) is 0 Å². The van der Waals surface area contributed by atoms with Crippen molar-refractivity contribution in [2.45, 2.75) is 26.4 Å². The molecule has 1 aromatic heterocycles. The zero-order valence-corrected chi connectivity index (χ0v) is 19.3. The monoisotopic (exact) mass is 467 g/mol. The molecule has 4 rings (SSSR count). The molecule has 33 heavy (non-hydrogen) atoms. The minimum absolute atomic E-state index is 0.148. The van der Waals surface area contributed by atoms with E-state index in [2.05, 4.69) is 20.4 Å². The average molecular weight is 468 g/mol. The van der Waals surface area contributed by atoms with E-state index in [9.17, 15) is 14.0 Å². The maximum atomic E-state index is 13.0. The molecule has 0 saturated carbocycles. The standard InChI is InChI=1S/C24H26FN5O2S/c1-17-2-4-18(5-3-17)14-22(31)30-12-10-29(11-13-30)16-21-27-28-24(33-21)23(32)26-15-19-6-8-20(25)9-7-19/h2-9H,10-16H2,1H3,(H,26,32). The van der Waals surface area contributed by atoms with Gasteiger partial charge in [-0.3, -0.25) is 14.5 Å². The first kappa shape index (κ1) is 23.0. The molecule has 1 aliphatic heterocycles. The largest absolute Gasteiger partial charge is 0.346 e. The number of nitrogens with one attached hydrogen (secondary N) is 1. The number of nitrogens with zero attached hydrogens (tertiary/aromatic N) is 4. The number of rotatable bonds is 7. The van der Waals surface area contributed by atoms with Crippen LogP contribution in [0.25, 0.3) is 0 Å². The highest BCUT2D eigenvalue weighted by Crippen LogP contribution is 2.15. The number of benzene rings is 2. The van der Waals surface area contributed by atoms with Crippen LogP contribution in [0.2, 0.25) is 0 Å². The molecule has 0 spiro atoms. The van der Waals surface area contributed by atoms with Crippen molar-refractivity contribution in [3.05, 3.63) is 81.1 Å². The molecule has 0 atom stereocenters. The van der Waals surface area contributed by atoms with Crippen molar-refractivity contribution >= 4 is 23.2 Å². The van der Waals surface area contributed by atoms with Crippen LogP contribution in [0.15, 0.2) is 48.5 Å². The maximum absolute atomic E-state index is 13.0. The Morgan fingerprint density at radius 1 is 0.970 bits per heavy atom. The third-order valence-corrected chi connectivity index (χ3v) is 6.49. The van der Waals surface area contributed by atoms with Crippen LogP contribution in [0.1, 0.15) is 31.5 Å². The van der Waals surface area contributed by atoms with Crippen LogP contribution in [0, 0.1) is 12.7 Å². The van der Waals surface area contributed by atoms with Crippen LogP contribution in [0.3, 0.4) is 0 Å². The summed E-state index contributed by atoms with van der Waals surface area (Å²) in [6, 6.07) is 14.1. The maximum Gasteiger partial charge on any atom is 0.282 e. The lowest BCUT2D eigenvalue weighted by Crippen LogP contribution is -2.48. The number of piperazine rings is 1. The number of hydrogen-bond acceptors (Lipinski definition) is 6. The van der Waals surface area contributed by atoms with Crippen molar-refractivity contribution in [1.29, 1.82) is 0 Å². The summed E-state index contributed by atoms with van der Waals surface area (Å²) in [5, 5.41) is 12.0. The van der Waals surface area contributed by atoms with E-state index in [4.69, 9.17) is 0 Å². The number of aromatic nitrogens is 2. The minimum Gasteiger partial charge on any atom is -0.346 e. The Hall–Kier alpha value is -3.17. The van der Waals surface area contributed by atoms with Crippen molar-refractivity contribution in [3.63, 3.8) is 0 Å². The summed E-state index contributed by atoms with van der Waals surface area (Å²) in [6.07, 6.45) is 0.424. The number of aryl methyl sites for hydroxylation is 1. The summed E-state index contributed by atoms with van der Waals surface area (Å²) < 4.78 is 13.0. The van der Waals surface area contributed by atoms with Crippen molar-refractivity contribution in [3.8, 4) is 0 Å². The molecule has 2 aromatic carbocycles. The lowest BCUT2D eigenvalue weighted by molar-refractivity contribution is -0.132. The summed E-state index contributed by atoms with van der Waals surface area (Å²) >= 11 is 1.27. The smallest absolute Gasteiger partial charge is 0.282 e. The van der Waals surface area contributed by atoms with Crippen LogP contribution < -0.4 is 5.32 Å². The van der Waals surface area contributed by atoms with Crippen molar-refractivity contribution < 1.29 is 14.0 Å². The predicted molar refractivity (Wildman–Crippen MR) is 124 cm³/mol. The van der Waals surface area contributed by atoms with Gasteiger partial charge >= 0.3 is 0 Å². The van der Waals surface area contributed by atoms with Crippen LogP contribution in [0.5, 0.6) is 0 Å². The molecule has 2 heterocycles. The topological polar surface area (TPSA) is 78.4 Å². The second kappa shape index (κ2) is 10.6. The molecule has 0 aliphatic carbocycles. The number of halogens is 1. The molecule has 1 N–H and O–H groups in total. The van der Waals surface area contributed by atoms with E-state index in [-0.39, 0.29) is 17.6 Å². The summed E-state index contributed by atoms with van der Waals surface area (Å²) in [6.45, 7) is 5.79. The second-order valence-corrected chi connectivity index (χ2v) is 9.19. The fourth-order valence-electron chi connectivity index (χ4n) is 3.61. The van der Waals surface area contributed by atoms with E-state index in [1.54, 1.807) is 12.1 Å². The third kappa shape index (κ3) is 6.43. The van der Waals surface area contributed by atoms with Gasteiger partial charge in [0, 0.05) is 32.7 Å². The number of amides is 2. The quantitative estimate of drug-likeness (QED) is 0.578. The SMILES string of the molecule is Cc1ccc(CC(=O)N2CCN(Cc3nnc(C(=O)NCc4ccc(F)cc4)s3)CC2)cc1. The normalized spacial score (nSPS) is 14.3. The lowest BCUT2D eigenvalue weighted by atomic mass is 10.1. The summed E-state index contributed by atoms with van der Waals surface area (Å²) in [7, 11) is 0. The van der Waals surface area contributed by atoms with E-state index in [1.807, 2.05) is 36.1 Å². The van der Waals surface area contributed by atoms with Crippen LogP contribution in [-0.2, 0) is 24.3 Å². The number of hydrogen-bond donors (Lipinski definition) is 1. The van der Waals surface area contributed by atoms with Crippen LogP contribution >= 0.6 is 11.3 Å². The summed E-state index contributed by atoms with van der Waals surface area (Å²) in [4.78, 5) is 29.1. The zero-order valence-electron chi connectivity index (χ0n) is 18.5. The van der Waals surface area contributed by atoms with Crippen molar-refractivity contribution in [2.24, 2.45) is 0 Å². The molecule has 2 amide bonds. The zero-order chi connectivity index (χ0) is 23.2. The van der Waals surface area contributed by atoms with Gasteiger partial charge in [0.15, 0.2) is 0 Å². The van der Waals surface area contributed by atoms with Gasteiger partial charge in [0.1, 0.15) is 10.8 Å². The Morgan fingerprint density at radius 2 is 1.64 bits per heavy atom. The van der Waals surface area contributed by atoms with Gasteiger partial charge in [0.2, 0.25) is 10.9 Å². The Balaban J connectivity index is 1.22. The van der Waals surface area contributed by atoms with Gasteiger partial charge in [-0.1, -0.05) is 53.3 Å². The Bertz CT molecular complexity index is 1090. The third-order valence-electron chi connectivity index (χ3n) is 5.59. The molecular formula is C24H26FN5O2S. The predicted octanol–water partition coefficient (Wildman–Crippen LogP) is 2.80. The van der Waals surface area contributed by atoms with Crippen LogP contribution in [-0.4, -0.2) is 58.0 Å². The van der Waals surface area contributed by atoms with Crippen molar-refractivity contribution in [2.75, 3.05) is 26.2 Å². The van der Waals surface area contributed by atoms with E-state index in [0.717, 1.165) is 29.2 Å². The highest BCUT2D eigenvalue weighted by Gasteiger charge is 2.22.